The first-order valence-corrected chi connectivity index (χ1v) is 13.6. The zero-order valence-electron chi connectivity index (χ0n) is 23.7. The molecule has 3 aromatic rings. The molecule has 0 atom stereocenters. The molecule has 2 N–H and O–H groups in total. The van der Waals surface area contributed by atoms with E-state index in [4.69, 9.17) is 4.84 Å². The van der Waals surface area contributed by atoms with Gasteiger partial charge < -0.3 is 15.5 Å². The van der Waals surface area contributed by atoms with Gasteiger partial charge in [-0.3, -0.25) is 19.7 Å². The summed E-state index contributed by atoms with van der Waals surface area (Å²) in [6, 6.07) is 14.0. The molecule has 10 nitrogen and oxygen atoms in total. The SMILES string of the molecule is CC(=O)ON(C(=O)c1ccc(-c2ccc([N+](=O)[O-])cc2)cc1NC(=O)Nc1c(C)cc(C)cc1C)C1CCCCC1. The van der Waals surface area contributed by atoms with Gasteiger partial charge in [0.25, 0.3) is 11.6 Å². The first-order chi connectivity index (χ1) is 19.5. The van der Waals surface area contributed by atoms with Crippen LogP contribution in [0.15, 0.2) is 54.6 Å². The number of carbonyl (C=O) groups is 3. The largest absolute Gasteiger partial charge is 0.338 e. The summed E-state index contributed by atoms with van der Waals surface area (Å²) >= 11 is 0. The van der Waals surface area contributed by atoms with Crippen LogP contribution in [0.2, 0.25) is 0 Å². The number of rotatable bonds is 6. The molecule has 1 fully saturated rings. The summed E-state index contributed by atoms with van der Waals surface area (Å²) in [5, 5.41) is 17.9. The molecule has 1 aliphatic carbocycles. The molecule has 1 saturated carbocycles. The minimum Gasteiger partial charge on any atom is -0.338 e. The second kappa shape index (κ2) is 12.6. The lowest BCUT2D eigenvalue weighted by atomic mass is 9.94. The summed E-state index contributed by atoms with van der Waals surface area (Å²) < 4.78 is 0. The number of hydroxylamine groups is 2. The monoisotopic (exact) mass is 558 g/mol. The lowest BCUT2D eigenvalue weighted by molar-refractivity contribution is -0.384. The fraction of sp³-hybridized carbons (Fsp3) is 0.323. The molecule has 0 radical (unpaired) electrons. The van der Waals surface area contributed by atoms with E-state index in [-0.39, 0.29) is 23.0 Å². The van der Waals surface area contributed by atoms with Gasteiger partial charge in [0.15, 0.2) is 0 Å². The predicted molar refractivity (Wildman–Crippen MR) is 157 cm³/mol. The van der Waals surface area contributed by atoms with Crippen LogP contribution < -0.4 is 10.6 Å². The van der Waals surface area contributed by atoms with E-state index in [1.165, 1.54) is 19.1 Å². The predicted octanol–water partition coefficient (Wildman–Crippen LogP) is 7.08. The smallest absolute Gasteiger partial charge is 0.329 e. The quantitative estimate of drug-likeness (QED) is 0.245. The number of non-ortho nitro benzene ring substituents is 1. The van der Waals surface area contributed by atoms with E-state index in [9.17, 15) is 24.5 Å². The van der Waals surface area contributed by atoms with Gasteiger partial charge in [-0.1, -0.05) is 43.0 Å². The number of benzene rings is 3. The van der Waals surface area contributed by atoms with Crippen molar-refractivity contribution in [2.45, 2.75) is 65.8 Å². The average molecular weight is 559 g/mol. The van der Waals surface area contributed by atoms with Crippen molar-refractivity contribution in [3.05, 3.63) is 87.0 Å². The molecule has 0 heterocycles. The number of anilines is 2. The molecule has 0 spiro atoms. The van der Waals surface area contributed by atoms with Crippen molar-refractivity contribution >= 4 is 35.0 Å². The molecule has 0 bridgehead atoms. The number of nitro benzene ring substituents is 1. The van der Waals surface area contributed by atoms with E-state index >= 15 is 0 Å². The standard InChI is InChI=1S/C31H34N4O6/c1-19-16-20(2)29(21(3)17-19)33-31(38)32-28-18-24(23-10-13-26(14-11-23)35(39)40)12-15-27(28)30(37)34(41-22(4)36)25-8-6-5-7-9-25/h10-18,25H,5-9H2,1-4H3,(H2,32,33,38). The fourth-order valence-corrected chi connectivity index (χ4v) is 5.29. The lowest BCUT2D eigenvalue weighted by Crippen LogP contribution is -2.42. The minimum atomic E-state index is -0.607. The van der Waals surface area contributed by atoms with Crippen molar-refractivity contribution in [2.75, 3.05) is 10.6 Å². The third-order valence-corrected chi connectivity index (χ3v) is 7.16. The number of urea groups is 1. The van der Waals surface area contributed by atoms with Crippen molar-refractivity contribution in [1.82, 2.24) is 5.06 Å². The molecule has 41 heavy (non-hydrogen) atoms. The molecule has 0 unspecified atom stereocenters. The van der Waals surface area contributed by atoms with Gasteiger partial charge in [-0.2, -0.15) is 5.06 Å². The molecule has 0 aliphatic heterocycles. The number of nitro groups is 1. The summed E-state index contributed by atoms with van der Waals surface area (Å²) in [5.41, 5.74) is 5.12. The van der Waals surface area contributed by atoms with Crippen LogP contribution in [-0.4, -0.2) is 33.9 Å². The highest BCUT2D eigenvalue weighted by Gasteiger charge is 2.31. The maximum atomic E-state index is 13.9. The molecule has 10 heteroatoms. The van der Waals surface area contributed by atoms with Crippen LogP contribution in [0, 0.1) is 30.9 Å². The highest BCUT2D eigenvalue weighted by atomic mass is 16.7. The molecule has 1 aliphatic rings. The lowest BCUT2D eigenvalue weighted by Gasteiger charge is -2.32. The second-order valence-corrected chi connectivity index (χ2v) is 10.4. The van der Waals surface area contributed by atoms with Crippen LogP contribution in [0.5, 0.6) is 0 Å². The summed E-state index contributed by atoms with van der Waals surface area (Å²) in [5.74, 6) is -1.15. The van der Waals surface area contributed by atoms with Crippen LogP contribution >= 0.6 is 0 Å². The van der Waals surface area contributed by atoms with Crippen LogP contribution in [0.4, 0.5) is 21.9 Å². The Bertz CT molecular complexity index is 1460. The van der Waals surface area contributed by atoms with Crippen molar-refractivity contribution in [1.29, 1.82) is 0 Å². The average Bonchev–Trinajstić information content (AvgIpc) is 2.93. The van der Waals surface area contributed by atoms with Crippen LogP contribution in [0.1, 0.15) is 66.1 Å². The van der Waals surface area contributed by atoms with Crippen molar-refractivity contribution in [2.24, 2.45) is 0 Å². The Balaban J connectivity index is 1.72. The zero-order valence-corrected chi connectivity index (χ0v) is 23.7. The van der Waals surface area contributed by atoms with E-state index in [1.807, 2.05) is 32.9 Å². The van der Waals surface area contributed by atoms with Gasteiger partial charge in [0.1, 0.15) is 0 Å². The van der Waals surface area contributed by atoms with E-state index in [1.54, 1.807) is 30.3 Å². The van der Waals surface area contributed by atoms with Gasteiger partial charge in [0.2, 0.25) is 0 Å². The van der Waals surface area contributed by atoms with Crippen LogP contribution in [0.25, 0.3) is 11.1 Å². The van der Waals surface area contributed by atoms with Crippen molar-refractivity contribution in [3.63, 3.8) is 0 Å². The molecule has 0 saturated heterocycles. The number of amides is 3. The Morgan fingerprint density at radius 3 is 2.07 bits per heavy atom. The van der Waals surface area contributed by atoms with E-state index < -0.39 is 22.8 Å². The number of carbonyl (C=O) groups excluding carboxylic acids is 3. The Morgan fingerprint density at radius 2 is 1.49 bits per heavy atom. The van der Waals surface area contributed by atoms with Crippen molar-refractivity contribution < 1.29 is 24.1 Å². The van der Waals surface area contributed by atoms with Gasteiger partial charge in [0.05, 0.1) is 22.2 Å². The van der Waals surface area contributed by atoms with E-state index in [0.717, 1.165) is 41.0 Å². The molecule has 214 valence electrons. The van der Waals surface area contributed by atoms with Gasteiger partial charge >= 0.3 is 12.0 Å². The number of nitrogens with zero attached hydrogens (tertiary/aromatic N) is 2. The molecular formula is C31H34N4O6. The van der Waals surface area contributed by atoms with Crippen LogP contribution in [-0.2, 0) is 9.63 Å². The van der Waals surface area contributed by atoms with Gasteiger partial charge in [-0.05, 0) is 80.1 Å². The second-order valence-electron chi connectivity index (χ2n) is 10.4. The number of aryl methyl sites for hydroxylation is 3. The maximum absolute atomic E-state index is 13.9. The topological polar surface area (TPSA) is 131 Å². The highest BCUT2D eigenvalue weighted by molar-refractivity contribution is 6.07. The highest BCUT2D eigenvalue weighted by Crippen LogP contribution is 2.31. The van der Waals surface area contributed by atoms with E-state index in [0.29, 0.717) is 29.7 Å². The molecular weight excluding hydrogens is 524 g/mol. The first kappa shape index (κ1) is 29.3. The minimum absolute atomic E-state index is 0.0494. The Kier molecular flexibility index (Phi) is 9.01. The number of hydrogen-bond acceptors (Lipinski definition) is 6. The van der Waals surface area contributed by atoms with Gasteiger partial charge in [0, 0.05) is 24.7 Å². The Hall–Kier alpha value is -4.73. The maximum Gasteiger partial charge on any atom is 0.329 e. The third kappa shape index (κ3) is 7.08. The fourth-order valence-electron chi connectivity index (χ4n) is 5.29. The number of nitrogens with one attached hydrogen (secondary N) is 2. The summed E-state index contributed by atoms with van der Waals surface area (Å²) in [7, 11) is 0. The van der Waals surface area contributed by atoms with Crippen molar-refractivity contribution in [3.8, 4) is 11.1 Å². The molecule has 4 rings (SSSR count). The first-order valence-electron chi connectivity index (χ1n) is 13.6. The van der Waals surface area contributed by atoms with Gasteiger partial charge in [-0.25, -0.2) is 4.79 Å². The van der Waals surface area contributed by atoms with Crippen LogP contribution in [0.3, 0.4) is 0 Å². The van der Waals surface area contributed by atoms with E-state index in [2.05, 4.69) is 10.6 Å². The molecule has 3 aromatic carbocycles. The zero-order chi connectivity index (χ0) is 29.7. The molecule has 3 amide bonds. The number of hydrogen-bond donors (Lipinski definition) is 2. The summed E-state index contributed by atoms with van der Waals surface area (Å²) in [6.45, 7) is 7.04. The third-order valence-electron chi connectivity index (χ3n) is 7.16. The summed E-state index contributed by atoms with van der Waals surface area (Å²) in [4.78, 5) is 55.1. The van der Waals surface area contributed by atoms with Gasteiger partial charge in [-0.15, -0.1) is 0 Å². The Morgan fingerprint density at radius 1 is 0.878 bits per heavy atom. The normalized spacial score (nSPS) is 13.3. The summed E-state index contributed by atoms with van der Waals surface area (Å²) in [6.07, 6.45) is 4.28. The Labute approximate surface area is 238 Å². The molecule has 0 aromatic heterocycles.